The Morgan fingerprint density at radius 2 is 1.85 bits per heavy atom. The van der Waals surface area contributed by atoms with E-state index in [4.69, 9.17) is 21.1 Å². The second kappa shape index (κ2) is 9.68. The minimum atomic E-state index is -0.504. The van der Waals surface area contributed by atoms with Crippen molar-refractivity contribution in [2.75, 3.05) is 12.1 Å². The van der Waals surface area contributed by atoms with Crippen molar-refractivity contribution in [2.24, 2.45) is 0 Å². The number of carbonyl (C=O) groups excluding carboxylic acids is 2. The van der Waals surface area contributed by atoms with E-state index in [-0.39, 0.29) is 5.57 Å². The SMILES string of the molecule is COc1cc(C=C2C(=O)NN(c3ccc(C)c(Cl)c3)C2=O)cc(Br)c1OCc1ccccc1. The van der Waals surface area contributed by atoms with E-state index in [0.29, 0.717) is 38.9 Å². The third kappa shape index (κ3) is 4.89. The van der Waals surface area contributed by atoms with Crippen LogP contribution in [-0.4, -0.2) is 18.9 Å². The molecular weight excluding hydrogens is 508 g/mol. The molecule has 3 aromatic carbocycles. The number of rotatable bonds is 6. The van der Waals surface area contributed by atoms with Crippen LogP contribution in [0.1, 0.15) is 16.7 Å². The minimum absolute atomic E-state index is 0.00129. The number of methoxy groups -OCH3 is 1. The van der Waals surface area contributed by atoms with Crippen molar-refractivity contribution in [3.8, 4) is 11.5 Å². The van der Waals surface area contributed by atoms with Gasteiger partial charge in [-0.15, -0.1) is 0 Å². The van der Waals surface area contributed by atoms with Gasteiger partial charge in [-0.25, -0.2) is 5.01 Å². The fourth-order valence-corrected chi connectivity index (χ4v) is 4.07. The first-order valence-electron chi connectivity index (χ1n) is 10.0. The van der Waals surface area contributed by atoms with Crippen LogP contribution in [0.2, 0.25) is 5.02 Å². The van der Waals surface area contributed by atoms with Crippen LogP contribution in [0, 0.1) is 6.92 Å². The molecule has 0 spiro atoms. The number of carbonyl (C=O) groups is 2. The number of hydrogen-bond donors (Lipinski definition) is 1. The van der Waals surface area contributed by atoms with E-state index in [2.05, 4.69) is 21.4 Å². The highest BCUT2D eigenvalue weighted by Gasteiger charge is 2.34. The summed E-state index contributed by atoms with van der Waals surface area (Å²) in [6.07, 6.45) is 1.52. The van der Waals surface area contributed by atoms with Gasteiger partial charge in [-0.05, 0) is 69.9 Å². The number of ether oxygens (including phenoxy) is 2. The maximum atomic E-state index is 12.9. The third-order valence-corrected chi connectivity index (χ3v) is 6.09. The zero-order chi connectivity index (χ0) is 23.5. The molecule has 1 aliphatic rings. The summed E-state index contributed by atoms with van der Waals surface area (Å²) < 4.78 is 12.1. The monoisotopic (exact) mass is 526 g/mol. The molecule has 0 radical (unpaired) electrons. The Kier molecular flexibility index (Phi) is 6.72. The number of benzene rings is 3. The second-order valence-corrected chi connectivity index (χ2v) is 8.64. The average Bonchev–Trinajstić information content (AvgIpc) is 3.09. The van der Waals surface area contributed by atoms with Gasteiger partial charge >= 0.3 is 0 Å². The summed E-state index contributed by atoms with van der Waals surface area (Å²) in [5.74, 6) is 0.0254. The normalized spacial score (nSPS) is 14.5. The molecule has 0 aliphatic carbocycles. The number of hydrazine groups is 1. The van der Waals surface area contributed by atoms with Crippen molar-refractivity contribution in [1.82, 2.24) is 5.43 Å². The molecule has 3 aromatic rings. The maximum Gasteiger partial charge on any atom is 0.282 e. The molecule has 168 valence electrons. The van der Waals surface area contributed by atoms with Crippen molar-refractivity contribution in [1.29, 1.82) is 0 Å². The van der Waals surface area contributed by atoms with Gasteiger partial charge in [0, 0.05) is 5.02 Å². The van der Waals surface area contributed by atoms with Gasteiger partial charge in [0.1, 0.15) is 12.2 Å². The van der Waals surface area contributed by atoms with Crippen molar-refractivity contribution in [3.05, 3.63) is 92.4 Å². The number of aryl methyl sites for hydroxylation is 1. The van der Waals surface area contributed by atoms with Gasteiger partial charge in [0.15, 0.2) is 11.5 Å². The zero-order valence-corrected chi connectivity index (χ0v) is 20.2. The second-order valence-electron chi connectivity index (χ2n) is 7.38. The fraction of sp³-hybridized carbons (Fsp3) is 0.120. The van der Waals surface area contributed by atoms with Gasteiger partial charge in [-0.2, -0.15) is 0 Å². The number of amides is 2. The van der Waals surface area contributed by atoms with Crippen molar-refractivity contribution in [3.63, 3.8) is 0 Å². The molecule has 33 heavy (non-hydrogen) atoms. The van der Waals surface area contributed by atoms with E-state index in [1.807, 2.05) is 37.3 Å². The highest BCUT2D eigenvalue weighted by Crippen LogP contribution is 2.38. The van der Waals surface area contributed by atoms with Crippen LogP contribution in [0.15, 0.2) is 70.7 Å². The van der Waals surface area contributed by atoms with E-state index in [1.165, 1.54) is 18.2 Å². The third-order valence-electron chi connectivity index (χ3n) is 5.09. The Morgan fingerprint density at radius 1 is 1.09 bits per heavy atom. The van der Waals surface area contributed by atoms with Gasteiger partial charge in [-0.1, -0.05) is 48.0 Å². The van der Waals surface area contributed by atoms with Crippen LogP contribution in [0.3, 0.4) is 0 Å². The Morgan fingerprint density at radius 3 is 2.55 bits per heavy atom. The van der Waals surface area contributed by atoms with Crippen LogP contribution in [0.25, 0.3) is 6.08 Å². The lowest BCUT2D eigenvalue weighted by Crippen LogP contribution is -2.35. The molecule has 1 aliphatic heterocycles. The quantitative estimate of drug-likeness (QED) is 0.341. The molecule has 2 amide bonds. The summed E-state index contributed by atoms with van der Waals surface area (Å²) in [5, 5.41) is 1.69. The van der Waals surface area contributed by atoms with E-state index >= 15 is 0 Å². The molecule has 1 N–H and O–H groups in total. The zero-order valence-electron chi connectivity index (χ0n) is 17.9. The van der Waals surface area contributed by atoms with Crippen LogP contribution in [0.5, 0.6) is 11.5 Å². The molecule has 1 fully saturated rings. The number of hydrogen-bond acceptors (Lipinski definition) is 4. The molecule has 1 saturated heterocycles. The molecule has 0 aromatic heterocycles. The fourth-order valence-electron chi connectivity index (χ4n) is 3.32. The molecule has 6 nitrogen and oxygen atoms in total. The standard InChI is InChI=1S/C25H20BrClN2O4/c1-15-8-9-18(13-21(15)27)29-25(31)19(24(30)28-29)10-17-11-20(26)23(22(12-17)32-2)33-14-16-6-4-3-5-7-16/h3-13H,14H2,1-2H3,(H,28,30). The Balaban J connectivity index is 1.60. The van der Waals surface area contributed by atoms with Crippen LogP contribution >= 0.6 is 27.5 Å². The molecule has 4 rings (SSSR count). The average molecular weight is 528 g/mol. The number of anilines is 1. The smallest absolute Gasteiger partial charge is 0.282 e. The lowest BCUT2D eigenvalue weighted by Gasteiger charge is -2.15. The van der Waals surface area contributed by atoms with Crippen LogP contribution in [0.4, 0.5) is 5.69 Å². The summed E-state index contributed by atoms with van der Waals surface area (Å²) in [6.45, 7) is 2.23. The highest BCUT2D eigenvalue weighted by molar-refractivity contribution is 9.10. The molecular formula is C25H20BrClN2O4. The van der Waals surface area contributed by atoms with E-state index in [1.54, 1.807) is 30.3 Å². The van der Waals surface area contributed by atoms with E-state index in [0.717, 1.165) is 11.1 Å². The first-order chi connectivity index (χ1) is 15.9. The Labute approximate surface area is 204 Å². The van der Waals surface area contributed by atoms with Gasteiger partial charge in [-0.3, -0.25) is 15.0 Å². The van der Waals surface area contributed by atoms with E-state index < -0.39 is 11.8 Å². The highest BCUT2D eigenvalue weighted by atomic mass is 79.9. The van der Waals surface area contributed by atoms with Gasteiger partial charge in [0.2, 0.25) is 0 Å². The summed E-state index contributed by atoms with van der Waals surface area (Å²) >= 11 is 9.69. The molecule has 0 saturated carbocycles. The predicted molar refractivity (Wildman–Crippen MR) is 131 cm³/mol. The number of halogens is 2. The number of nitrogens with zero attached hydrogens (tertiary/aromatic N) is 1. The van der Waals surface area contributed by atoms with Crippen molar-refractivity contribution < 1.29 is 19.1 Å². The Hall–Kier alpha value is -3.29. The number of nitrogens with one attached hydrogen (secondary N) is 1. The summed E-state index contributed by atoms with van der Waals surface area (Å²) in [4.78, 5) is 25.5. The molecule has 1 heterocycles. The predicted octanol–water partition coefficient (Wildman–Crippen LogP) is 5.46. The molecule has 0 bridgehead atoms. The molecule has 8 heteroatoms. The summed E-state index contributed by atoms with van der Waals surface area (Å²) in [7, 11) is 1.53. The van der Waals surface area contributed by atoms with Gasteiger partial charge < -0.3 is 9.47 Å². The maximum absolute atomic E-state index is 12.9. The summed E-state index contributed by atoms with van der Waals surface area (Å²) in [6, 6.07) is 18.4. The lowest BCUT2D eigenvalue weighted by molar-refractivity contribution is -0.117. The lowest BCUT2D eigenvalue weighted by atomic mass is 10.1. The Bertz CT molecular complexity index is 1260. The van der Waals surface area contributed by atoms with Gasteiger partial charge in [0.05, 0.1) is 17.3 Å². The first-order valence-corrected chi connectivity index (χ1v) is 11.2. The molecule has 0 atom stereocenters. The van der Waals surface area contributed by atoms with Crippen molar-refractivity contribution >= 4 is 51.1 Å². The van der Waals surface area contributed by atoms with E-state index in [9.17, 15) is 9.59 Å². The molecule has 0 unspecified atom stereocenters. The largest absolute Gasteiger partial charge is 0.493 e. The summed E-state index contributed by atoms with van der Waals surface area (Å²) in [5.41, 5.74) is 5.56. The van der Waals surface area contributed by atoms with Crippen molar-refractivity contribution in [2.45, 2.75) is 13.5 Å². The van der Waals surface area contributed by atoms with Crippen LogP contribution in [-0.2, 0) is 16.2 Å². The van der Waals surface area contributed by atoms with Crippen LogP contribution < -0.4 is 19.9 Å². The first kappa shape index (κ1) is 22.9. The van der Waals surface area contributed by atoms with Gasteiger partial charge in [0.25, 0.3) is 11.8 Å². The topological polar surface area (TPSA) is 67.9 Å². The minimum Gasteiger partial charge on any atom is -0.493 e.